The van der Waals surface area contributed by atoms with Gasteiger partial charge in [-0.3, -0.25) is 9.69 Å². The number of carbonyl (C=O) groups excluding carboxylic acids is 1. The Hall–Kier alpha value is -2.29. The predicted molar refractivity (Wildman–Crippen MR) is 114 cm³/mol. The van der Waals surface area contributed by atoms with E-state index in [2.05, 4.69) is 32.5 Å². The van der Waals surface area contributed by atoms with Crippen molar-refractivity contribution in [3.05, 3.63) is 56.8 Å². The molecule has 4 rings (SSSR count). The van der Waals surface area contributed by atoms with Crippen molar-refractivity contribution < 1.29 is 4.79 Å². The minimum Gasteiger partial charge on any atom is -0.335 e. The summed E-state index contributed by atoms with van der Waals surface area (Å²) in [6, 6.07) is 7.35. The minimum absolute atomic E-state index is 0.0719. The SMILES string of the molecule is CCc1nc(CN2CCN(C(=O)c3nnn(-c4cccc(Cl)c4)c3C)CC2)cs1. The van der Waals surface area contributed by atoms with Gasteiger partial charge in [-0.25, -0.2) is 9.67 Å². The Morgan fingerprint density at radius 3 is 2.72 bits per heavy atom. The van der Waals surface area contributed by atoms with E-state index in [1.165, 1.54) is 5.01 Å². The van der Waals surface area contributed by atoms with Crippen LogP contribution in [0.15, 0.2) is 29.6 Å². The number of amides is 1. The highest BCUT2D eigenvalue weighted by Crippen LogP contribution is 2.19. The molecule has 1 aliphatic heterocycles. The van der Waals surface area contributed by atoms with Crippen molar-refractivity contribution >= 4 is 28.8 Å². The zero-order valence-electron chi connectivity index (χ0n) is 16.5. The summed E-state index contributed by atoms with van der Waals surface area (Å²) in [6.45, 7) is 7.82. The number of nitrogens with zero attached hydrogens (tertiary/aromatic N) is 6. The van der Waals surface area contributed by atoms with Gasteiger partial charge in [-0.1, -0.05) is 29.8 Å². The third-order valence-corrected chi connectivity index (χ3v) is 6.37. The second kappa shape index (κ2) is 8.61. The number of rotatable bonds is 5. The molecule has 1 aromatic carbocycles. The van der Waals surface area contributed by atoms with Crippen LogP contribution in [0.25, 0.3) is 5.69 Å². The molecule has 152 valence electrons. The molecule has 0 unspecified atom stereocenters. The first-order valence-electron chi connectivity index (χ1n) is 9.68. The van der Waals surface area contributed by atoms with Gasteiger partial charge in [0.05, 0.1) is 22.1 Å². The number of carbonyl (C=O) groups is 1. The fourth-order valence-electron chi connectivity index (χ4n) is 3.45. The Bertz CT molecular complexity index is 1010. The average molecular weight is 431 g/mol. The smallest absolute Gasteiger partial charge is 0.276 e. The highest BCUT2D eigenvalue weighted by Gasteiger charge is 2.26. The van der Waals surface area contributed by atoms with Crippen molar-refractivity contribution in [2.75, 3.05) is 26.2 Å². The van der Waals surface area contributed by atoms with Crippen molar-refractivity contribution in [2.45, 2.75) is 26.8 Å². The number of halogens is 1. The number of piperazine rings is 1. The Balaban J connectivity index is 1.40. The van der Waals surface area contributed by atoms with E-state index in [1.54, 1.807) is 28.2 Å². The lowest BCUT2D eigenvalue weighted by Gasteiger charge is -2.34. The molecule has 29 heavy (non-hydrogen) atoms. The average Bonchev–Trinajstić information content (AvgIpc) is 3.34. The number of hydrogen-bond acceptors (Lipinski definition) is 6. The van der Waals surface area contributed by atoms with Crippen LogP contribution >= 0.6 is 22.9 Å². The summed E-state index contributed by atoms with van der Waals surface area (Å²) in [6.07, 6.45) is 0.974. The maximum absolute atomic E-state index is 13.0. The van der Waals surface area contributed by atoms with Gasteiger partial charge in [0.25, 0.3) is 5.91 Å². The number of benzene rings is 1. The molecule has 1 fully saturated rings. The summed E-state index contributed by atoms with van der Waals surface area (Å²) in [5, 5.41) is 12.2. The van der Waals surface area contributed by atoms with Crippen LogP contribution in [0.1, 0.15) is 33.8 Å². The van der Waals surface area contributed by atoms with Crippen molar-refractivity contribution in [1.82, 2.24) is 29.8 Å². The lowest BCUT2D eigenvalue weighted by atomic mass is 10.2. The predicted octanol–water partition coefficient (Wildman–Crippen LogP) is 3.21. The molecule has 3 heterocycles. The highest BCUT2D eigenvalue weighted by atomic mass is 35.5. The molecule has 0 spiro atoms. The zero-order valence-corrected chi connectivity index (χ0v) is 18.1. The summed E-state index contributed by atoms with van der Waals surface area (Å²) in [5.74, 6) is -0.0719. The lowest BCUT2D eigenvalue weighted by molar-refractivity contribution is 0.0620. The number of aryl methyl sites for hydroxylation is 1. The van der Waals surface area contributed by atoms with Crippen LogP contribution in [0.5, 0.6) is 0 Å². The fourth-order valence-corrected chi connectivity index (χ4v) is 4.37. The van der Waals surface area contributed by atoms with Gasteiger partial charge in [-0.15, -0.1) is 16.4 Å². The molecule has 0 aliphatic carbocycles. The molecule has 0 radical (unpaired) electrons. The number of aromatic nitrogens is 4. The number of thiazole rings is 1. The van der Waals surface area contributed by atoms with E-state index in [1.807, 2.05) is 24.0 Å². The van der Waals surface area contributed by atoms with E-state index in [0.717, 1.165) is 37.4 Å². The van der Waals surface area contributed by atoms with E-state index in [4.69, 9.17) is 11.6 Å². The van der Waals surface area contributed by atoms with E-state index in [0.29, 0.717) is 29.5 Å². The standard InChI is InChI=1S/C20H23ClN6OS/c1-3-18-22-16(13-29-18)12-25-7-9-26(10-8-25)20(28)19-14(2)27(24-23-19)17-6-4-5-15(21)11-17/h4-6,11,13H,3,7-10,12H2,1-2H3. The third-order valence-electron chi connectivity index (χ3n) is 5.10. The fraction of sp³-hybridized carbons (Fsp3) is 0.400. The van der Waals surface area contributed by atoms with Crippen molar-refractivity contribution in [2.24, 2.45) is 0 Å². The summed E-state index contributed by atoms with van der Waals surface area (Å²) in [5.41, 5.74) is 3.02. The molecule has 0 saturated carbocycles. The van der Waals surface area contributed by atoms with Crippen LogP contribution in [0.2, 0.25) is 5.02 Å². The Kier molecular flexibility index (Phi) is 5.94. The van der Waals surface area contributed by atoms with Gasteiger partial charge in [-0.05, 0) is 31.5 Å². The van der Waals surface area contributed by atoms with Crippen LogP contribution in [-0.4, -0.2) is 61.9 Å². The van der Waals surface area contributed by atoms with Gasteiger partial charge in [0.1, 0.15) is 0 Å². The van der Waals surface area contributed by atoms with Gasteiger partial charge < -0.3 is 4.90 Å². The maximum atomic E-state index is 13.0. The molecule has 9 heteroatoms. The lowest BCUT2D eigenvalue weighted by Crippen LogP contribution is -2.48. The largest absolute Gasteiger partial charge is 0.335 e. The molecular weight excluding hydrogens is 408 g/mol. The van der Waals surface area contributed by atoms with Crippen molar-refractivity contribution in [3.8, 4) is 5.69 Å². The van der Waals surface area contributed by atoms with Gasteiger partial charge in [0.2, 0.25) is 0 Å². The first-order chi connectivity index (χ1) is 14.0. The summed E-state index contributed by atoms with van der Waals surface area (Å²) in [4.78, 5) is 21.8. The van der Waals surface area contributed by atoms with E-state index >= 15 is 0 Å². The topological polar surface area (TPSA) is 67.2 Å². The van der Waals surface area contributed by atoms with E-state index in [9.17, 15) is 4.79 Å². The zero-order chi connectivity index (χ0) is 20.4. The Labute approximate surface area is 178 Å². The minimum atomic E-state index is -0.0719. The summed E-state index contributed by atoms with van der Waals surface area (Å²) in [7, 11) is 0. The molecule has 1 saturated heterocycles. The van der Waals surface area contributed by atoms with Crippen LogP contribution in [0.3, 0.4) is 0 Å². The van der Waals surface area contributed by atoms with Crippen molar-refractivity contribution in [3.63, 3.8) is 0 Å². The van der Waals surface area contributed by atoms with Crippen LogP contribution in [0.4, 0.5) is 0 Å². The molecule has 0 N–H and O–H groups in total. The van der Waals surface area contributed by atoms with Gasteiger partial charge >= 0.3 is 0 Å². The Morgan fingerprint density at radius 2 is 2.03 bits per heavy atom. The molecule has 0 atom stereocenters. The monoisotopic (exact) mass is 430 g/mol. The van der Waals surface area contributed by atoms with Crippen LogP contribution < -0.4 is 0 Å². The second-order valence-electron chi connectivity index (χ2n) is 7.07. The van der Waals surface area contributed by atoms with Gasteiger partial charge in [0.15, 0.2) is 5.69 Å². The molecule has 3 aromatic rings. The summed E-state index contributed by atoms with van der Waals surface area (Å²) >= 11 is 7.79. The third kappa shape index (κ3) is 4.34. The van der Waals surface area contributed by atoms with Gasteiger partial charge in [0, 0.05) is 43.1 Å². The maximum Gasteiger partial charge on any atom is 0.276 e. The molecule has 1 amide bonds. The molecule has 2 aromatic heterocycles. The Morgan fingerprint density at radius 1 is 1.24 bits per heavy atom. The molecule has 0 bridgehead atoms. The first kappa shape index (κ1) is 20.0. The van der Waals surface area contributed by atoms with Crippen LogP contribution in [0, 0.1) is 6.92 Å². The normalized spacial score (nSPS) is 15.1. The van der Waals surface area contributed by atoms with E-state index in [-0.39, 0.29) is 5.91 Å². The molecular formula is C20H23ClN6OS. The quantitative estimate of drug-likeness (QED) is 0.621. The molecule has 7 nitrogen and oxygen atoms in total. The number of hydrogen-bond donors (Lipinski definition) is 0. The van der Waals surface area contributed by atoms with Gasteiger partial charge in [-0.2, -0.15) is 0 Å². The van der Waals surface area contributed by atoms with Crippen molar-refractivity contribution in [1.29, 1.82) is 0 Å². The summed E-state index contributed by atoms with van der Waals surface area (Å²) < 4.78 is 1.66. The highest BCUT2D eigenvalue weighted by molar-refractivity contribution is 7.09. The molecule has 1 aliphatic rings. The van der Waals surface area contributed by atoms with E-state index < -0.39 is 0 Å². The first-order valence-corrected chi connectivity index (χ1v) is 10.9. The second-order valence-corrected chi connectivity index (χ2v) is 8.45. The van der Waals surface area contributed by atoms with Crippen LogP contribution in [-0.2, 0) is 13.0 Å².